The van der Waals surface area contributed by atoms with Crippen molar-refractivity contribution >= 4 is 34.1 Å². The van der Waals surface area contributed by atoms with Gasteiger partial charge >= 0.3 is 5.97 Å². The van der Waals surface area contributed by atoms with Gasteiger partial charge in [0.1, 0.15) is 11.3 Å². The van der Waals surface area contributed by atoms with Crippen LogP contribution < -0.4 is 5.43 Å². The van der Waals surface area contributed by atoms with E-state index in [2.05, 4.69) is 0 Å². The number of rotatable bonds is 5. The molecular weight excluding hydrogens is 412 g/mol. The van der Waals surface area contributed by atoms with E-state index >= 15 is 0 Å². The molecule has 0 saturated heterocycles. The van der Waals surface area contributed by atoms with E-state index in [0.29, 0.717) is 22.3 Å². The van der Waals surface area contributed by atoms with Crippen molar-refractivity contribution in [2.24, 2.45) is 0 Å². The molecule has 0 bridgehead atoms. The van der Waals surface area contributed by atoms with Crippen LogP contribution >= 0.6 is 11.3 Å². The molecular formula is C25H20O5S. The number of benzene rings is 2. The predicted octanol–water partition coefficient (Wildman–Crippen LogP) is 5.49. The highest BCUT2D eigenvalue weighted by atomic mass is 32.1. The Kier molecular flexibility index (Phi) is 5.57. The highest BCUT2D eigenvalue weighted by Crippen LogP contribution is 2.28. The number of fused-ring (bicyclic) bond motifs is 1. The van der Waals surface area contributed by atoms with Gasteiger partial charge in [-0.1, -0.05) is 36.4 Å². The summed E-state index contributed by atoms with van der Waals surface area (Å²) < 4.78 is 11.3. The molecule has 5 nitrogen and oxygen atoms in total. The van der Waals surface area contributed by atoms with E-state index in [4.69, 9.17) is 9.15 Å². The second-order valence-corrected chi connectivity index (χ2v) is 8.72. The highest BCUT2D eigenvalue weighted by molar-refractivity contribution is 7.12. The second kappa shape index (κ2) is 8.32. The zero-order chi connectivity index (χ0) is 22.1. The lowest BCUT2D eigenvalue weighted by Crippen LogP contribution is -2.16. The minimum Gasteiger partial charge on any atom is -0.455 e. The number of ketones is 1. The van der Waals surface area contributed by atoms with Gasteiger partial charge in [-0.3, -0.25) is 9.59 Å². The lowest BCUT2D eigenvalue weighted by atomic mass is 10.0. The Labute approximate surface area is 182 Å². The minimum absolute atomic E-state index is 0.109. The number of aryl methyl sites for hydroxylation is 2. The molecule has 2 aromatic heterocycles. The van der Waals surface area contributed by atoms with Crippen molar-refractivity contribution < 1.29 is 18.7 Å². The summed E-state index contributed by atoms with van der Waals surface area (Å²) in [5.74, 6) is -0.578. The highest BCUT2D eigenvalue weighted by Gasteiger charge is 2.21. The molecule has 0 saturated carbocycles. The van der Waals surface area contributed by atoms with Gasteiger partial charge in [0.05, 0.1) is 5.39 Å². The molecule has 2 heterocycles. The summed E-state index contributed by atoms with van der Waals surface area (Å²) in [6.07, 6.45) is 0. The number of carbonyl (C=O) groups excluding carboxylic acids is 2. The van der Waals surface area contributed by atoms with Crippen molar-refractivity contribution in [1.29, 1.82) is 0 Å². The average molecular weight is 432 g/mol. The van der Waals surface area contributed by atoms with Gasteiger partial charge in [0, 0.05) is 26.4 Å². The normalized spacial score (nSPS) is 10.9. The van der Waals surface area contributed by atoms with Crippen LogP contribution in [0.1, 0.15) is 36.0 Å². The fraction of sp³-hybridized carbons (Fsp3) is 0.160. The molecule has 0 spiro atoms. The third kappa shape index (κ3) is 3.94. The van der Waals surface area contributed by atoms with Crippen molar-refractivity contribution in [3.63, 3.8) is 0 Å². The van der Waals surface area contributed by atoms with Crippen LogP contribution in [0.15, 0.2) is 63.8 Å². The third-order valence-electron chi connectivity index (χ3n) is 5.08. The van der Waals surface area contributed by atoms with E-state index in [1.54, 1.807) is 25.1 Å². The van der Waals surface area contributed by atoms with E-state index in [1.807, 2.05) is 44.2 Å². The van der Waals surface area contributed by atoms with Gasteiger partial charge < -0.3 is 9.15 Å². The molecule has 0 aliphatic heterocycles. The predicted molar refractivity (Wildman–Crippen MR) is 121 cm³/mol. The number of Topliss-reactive ketones (excluding diaryl/α,β-unsaturated/α-hetero) is 1. The summed E-state index contributed by atoms with van der Waals surface area (Å²) in [4.78, 5) is 40.1. The van der Waals surface area contributed by atoms with Gasteiger partial charge in [0.25, 0.3) is 0 Å². The van der Waals surface area contributed by atoms with Crippen LogP contribution in [0.4, 0.5) is 0 Å². The number of hydrogen-bond donors (Lipinski definition) is 0. The Morgan fingerprint density at radius 2 is 1.71 bits per heavy atom. The fourth-order valence-corrected chi connectivity index (χ4v) is 4.47. The number of carbonyl (C=O) groups is 2. The van der Waals surface area contributed by atoms with Crippen LogP contribution in [0.2, 0.25) is 0 Å². The first-order chi connectivity index (χ1) is 14.9. The monoisotopic (exact) mass is 432 g/mol. The molecule has 6 heteroatoms. The van der Waals surface area contributed by atoms with Gasteiger partial charge in [-0.05, 0) is 39.0 Å². The van der Waals surface area contributed by atoms with E-state index in [0.717, 1.165) is 15.3 Å². The van der Waals surface area contributed by atoms with Crippen LogP contribution in [0.5, 0.6) is 0 Å². The maximum absolute atomic E-state index is 12.9. The molecule has 156 valence electrons. The van der Waals surface area contributed by atoms with Crippen molar-refractivity contribution in [3.05, 3.63) is 91.3 Å². The molecule has 0 radical (unpaired) electrons. The van der Waals surface area contributed by atoms with Crippen LogP contribution in [0, 0.1) is 20.8 Å². The van der Waals surface area contributed by atoms with Crippen LogP contribution in [-0.2, 0) is 4.74 Å². The maximum Gasteiger partial charge on any atom is 0.342 e. The summed E-state index contributed by atoms with van der Waals surface area (Å²) in [6.45, 7) is 5.10. The summed E-state index contributed by atoms with van der Waals surface area (Å²) in [5.41, 5.74) is 1.80. The van der Waals surface area contributed by atoms with Gasteiger partial charge in [0.2, 0.25) is 5.78 Å². The molecule has 4 aromatic rings. The molecule has 0 fully saturated rings. The zero-order valence-corrected chi connectivity index (χ0v) is 18.2. The first-order valence-electron chi connectivity index (χ1n) is 9.76. The van der Waals surface area contributed by atoms with Gasteiger partial charge in [-0.2, -0.15) is 0 Å². The largest absolute Gasteiger partial charge is 0.455 e. The lowest BCUT2D eigenvalue weighted by molar-refractivity contribution is 0.0475. The van der Waals surface area contributed by atoms with Crippen LogP contribution in [0.25, 0.3) is 22.3 Å². The summed E-state index contributed by atoms with van der Waals surface area (Å²) >= 11 is 1.52. The first-order valence-corrected chi connectivity index (χ1v) is 10.6. The van der Waals surface area contributed by atoms with Crippen molar-refractivity contribution in [2.45, 2.75) is 20.8 Å². The Morgan fingerprint density at radius 3 is 2.39 bits per heavy atom. The number of ether oxygens (including phenoxy) is 1. The summed E-state index contributed by atoms with van der Waals surface area (Å²) in [7, 11) is 0. The molecule has 0 amide bonds. The van der Waals surface area contributed by atoms with E-state index in [-0.39, 0.29) is 29.0 Å². The summed E-state index contributed by atoms with van der Waals surface area (Å²) in [6, 6.07) is 15.8. The molecule has 0 aliphatic rings. The Balaban J connectivity index is 1.69. The van der Waals surface area contributed by atoms with Crippen LogP contribution in [-0.4, -0.2) is 18.4 Å². The average Bonchev–Trinajstić information content (AvgIpc) is 3.12. The van der Waals surface area contributed by atoms with Crippen molar-refractivity contribution in [2.75, 3.05) is 6.61 Å². The van der Waals surface area contributed by atoms with Crippen molar-refractivity contribution in [1.82, 2.24) is 0 Å². The fourth-order valence-electron chi connectivity index (χ4n) is 3.53. The van der Waals surface area contributed by atoms with Gasteiger partial charge in [0.15, 0.2) is 17.6 Å². The van der Waals surface area contributed by atoms with Gasteiger partial charge in [-0.15, -0.1) is 11.3 Å². The molecule has 2 aromatic carbocycles. The number of thiophene rings is 1. The molecule has 31 heavy (non-hydrogen) atoms. The van der Waals surface area contributed by atoms with Gasteiger partial charge in [-0.25, -0.2) is 4.79 Å². The Morgan fingerprint density at radius 1 is 0.968 bits per heavy atom. The summed E-state index contributed by atoms with van der Waals surface area (Å²) in [5, 5.41) is 0.294. The molecule has 0 unspecified atom stereocenters. The van der Waals surface area contributed by atoms with Crippen molar-refractivity contribution in [3.8, 4) is 11.3 Å². The van der Waals surface area contributed by atoms with E-state index in [1.165, 1.54) is 17.4 Å². The lowest BCUT2D eigenvalue weighted by Gasteiger charge is -2.10. The number of hydrogen-bond acceptors (Lipinski definition) is 6. The minimum atomic E-state index is -0.713. The maximum atomic E-state index is 12.9. The van der Waals surface area contributed by atoms with E-state index < -0.39 is 5.97 Å². The standard InChI is InChI=1S/C25H20O5S/c1-14-12-20(16(3)31-14)21(26)13-29-25(28)19-11-7-10-18-22(27)15(2)23(30-24(18)19)17-8-5-4-6-9-17/h4-12H,13H2,1-3H3. The molecule has 0 aliphatic carbocycles. The topological polar surface area (TPSA) is 73.6 Å². The molecule has 0 N–H and O–H groups in total. The van der Waals surface area contributed by atoms with Crippen LogP contribution in [0.3, 0.4) is 0 Å². The first kappa shape index (κ1) is 20.8. The third-order valence-corrected chi connectivity index (χ3v) is 6.04. The zero-order valence-electron chi connectivity index (χ0n) is 17.4. The number of para-hydroxylation sites is 1. The second-order valence-electron chi connectivity index (χ2n) is 7.26. The molecule has 4 rings (SSSR count). The smallest absolute Gasteiger partial charge is 0.342 e. The Bertz CT molecular complexity index is 1360. The SMILES string of the molecule is Cc1cc(C(=O)COC(=O)c2cccc3c(=O)c(C)c(-c4ccccc4)oc23)c(C)s1. The van der Waals surface area contributed by atoms with E-state index in [9.17, 15) is 14.4 Å². The quantitative estimate of drug-likeness (QED) is 0.308. The number of esters is 1. The molecule has 0 atom stereocenters. The Hall–Kier alpha value is -3.51.